The van der Waals surface area contributed by atoms with Crippen LogP contribution in [0.5, 0.6) is 0 Å². The summed E-state index contributed by atoms with van der Waals surface area (Å²) < 4.78 is 37.4. The number of carboxylic acid groups (broad SMARTS) is 1. The fraction of sp³-hybridized carbons (Fsp3) is 0.417. The molecule has 1 aliphatic carbocycles. The maximum Gasteiger partial charge on any atom is 0.409 e. The summed E-state index contributed by atoms with van der Waals surface area (Å²) in [6.45, 7) is 6.94. The second-order valence-corrected chi connectivity index (χ2v) is 11.4. The Hall–Kier alpha value is -3.51. The van der Waals surface area contributed by atoms with E-state index in [1.807, 2.05) is 6.92 Å². The van der Waals surface area contributed by atoms with Gasteiger partial charge in [-0.3, -0.25) is 5.32 Å². The maximum absolute atomic E-state index is 13.9. The highest BCUT2D eigenvalue weighted by Crippen LogP contribution is 2.56. The first kappa shape index (κ1) is 24.2. The van der Waals surface area contributed by atoms with E-state index in [4.69, 9.17) is 24.3 Å². The van der Waals surface area contributed by atoms with Crippen molar-refractivity contribution in [1.82, 2.24) is 15.1 Å². The normalized spacial score (nSPS) is 19.2. The van der Waals surface area contributed by atoms with E-state index in [9.17, 15) is 13.2 Å². The van der Waals surface area contributed by atoms with Crippen molar-refractivity contribution in [3.63, 3.8) is 0 Å². The molecule has 1 amide bonds. The molecule has 1 aromatic carbocycles. The average molecular weight is 514 g/mol. The fourth-order valence-electron chi connectivity index (χ4n) is 4.67. The number of amides is 1. The third kappa shape index (κ3) is 4.09. The molecule has 0 unspecified atom stereocenters. The van der Waals surface area contributed by atoms with Crippen molar-refractivity contribution < 1.29 is 27.6 Å². The van der Waals surface area contributed by atoms with Gasteiger partial charge >= 0.3 is 6.09 Å². The second-order valence-electron chi connectivity index (χ2n) is 9.21. The highest BCUT2D eigenvalue weighted by molar-refractivity contribution is 7.92. The summed E-state index contributed by atoms with van der Waals surface area (Å²) in [5.74, 6) is 1.25. The van der Waals surface area contributed by atoms with Crippen LogP contribution in [0.2, 0.25) is 0 Å². The number of morpholine rings is 1. The van der Waals surface area contributed by atoms with E-state index in [2.05, 4.69) is 15.4 Å². The van der Waals surface area contributed by atoms with Gasteiger partial charge in [-0.1, -0.05) is 5.16 Å². The van der Waals surface area contributed by atoms with Crippen LogP contribution in [0.25, 0.3) is 11.4 Å². The van der Waals surface area contributed by atoms with Gasteiger partial charge in [-0.25, -0.2) is 23.2 Å². The molecular weight excluding hydrogens is 486 g/mol. The van der Waals surface area contributed by atoms with Gasteiger partial charge in [0.15, 0.2) is 21.4 Å². The SMILES string of the molecule is Cc1noc(C)c1S(=O)(=O)C1(c2cc(N3CCOC[C@@H]3C)nc(-c3ccc(NC(=O)O)cc3)n2)CC1. The molecule has 5 rings (SSSR count). The summed E-state index contributed by atoms with van der Waals surface area (Å²) >= 11 is 0. The van der Waals surface area contributed by atoms with Crippen molar-refractivity contribution in [2.75, 3.05) is 30.0 Å². The summed E-state index contributed by atoms with van der Waals surface area (Å²) in [6, 6.07) is 8.46. The predicted molar refractivity (Wildman–Crippen MR) is 131 cm³/mol. The summed E-state index contributed by atoms with van der Waals surface area (Å²) in [6.07, 6.45) is -0.310. The Balaban J connectivity index is 1.63. The summed E-state index contributed by atoms with van der Waals surface area (Å²) in [4.78, 5) is 22.7. The number of sulfone groups is 1. The Morgan fingerprint density at radius 2 is 1.92 bits per heavy atom. The summed E-state index contributed by atoms with van der Waals surface area (Å²) in [7, 11) is -3.84. The highest BCUT2D eigenvalue weighted by atomic mass is 32.2. The molecule has 0 bridgehead atoms. The van der Waals surface area contributed by atoms with Crippen molar-refractivity contribution in [3.8, 4) is 11.4 Å². The number of benzene rings is 1. The first-order valence-electron chi connectivity index (χ1n) is 11.6. The highest BCUT2D eigenvalue weighted by Gasteiger charge is 2.59. The minimum atomic E-state index is -3.84. The summed E-state index contributed by atoms with van der Waals surface area (Å²) in [5.41, 5.74) is 1.80. The minimum Gasteiger partial charge on any atom is -0.465 e. The van der Waals surface area contributed by atoms with Crippen LogP contribution in [0, 0.1) is 13.8 Å². The van der Waals surface area contributed by atoms with Crippen LogP contribution >= 0.6 is 0 Å². The van der Waals surface area contributed by atoms with Crippen LogP contribution in [0.15, 0.2) is 39.8 Å². The second kappa shape index (κ2) is 8.86. The molecule has 11 nitrogen and oxygen atoms in total. The van der Waals surface area contributed by atoms with Gasteiger partial charge < -0.3 is 19.3 Å². The summed E-state index contributed by atoms with van der Waals surface area (Å²) in [5, 5.41) is 15.1. The Morgan fingerprint density at radius 1 is 1.19 bits per heavy atom. The molecule has 2 N–H and O–H groups in total. The lowest BCUT2D eigenvalue weighted by Gasteiger charge is -2.34. The largest absolute Gasteiger partial charge is 0.465 e. The molecule has 190 valence electrons. The lowest BCUT2D eigenvalue weighted by molar-refractivity contribution is 0.0985. The first-order chi connectivity index (χ1) is 17.1. The third-order valence-electron chi connectivity index (χ3n) is 6.69. The van der Waals surface area contributed by atoms with E-state index in [0.717, 1.165) is 0 Å². The molecule has 1 atom stereocenters. The van der Waals surface area contributed by atoms with E-state index in [-0.39, 0.29) is 16.7 Å². The number of rotatable bonds is 6. The number of nitrogens with one attached hydrogen (secondary N) is 1. The molecule has 2 aliphatic rings. The Morgan fingerprint density at radius 3 is 2.50 bits per heavy atom. The fourth-order valence-corrected chi connectivity index (χ4v) is 6.92. The smallest absolute Gasteiger partial charge is 0.409 e. The van der Waals surface area contributed by atoms with Gasteiger partial charge in [0.05, 0.1) is 30.6 Å². The van der Waals surface area contributed by atoms with Gasteiger partial charge in [0.2, 0.25) is 0 Å². The molecule has 1 saturated heterocycles. The van der Waals surface area contributed by atoms with Gasteiger partial charge in [-0.05, 0) is 57.9 Å². The molecule has 3 heterocycles. The van der Waals surface area contributed by atoms with E-state index in [1.54, 1.807) is 44.2 Å². The molecule has 0 spiro atoms. The molecule has 1 saturated carbocycles. The molecular formula is C24H27N5O6S. The predicted octanol–water partition coefficient (Wildman–Crippen LogP) is 3.53. The van der Waals surface area contributed by atoms with Crippen LogP contribution in [0.3, 0.4) is 0 Å². The molecule has 12 heteroatoms. The standard InChI is InChI=1S/C24H27N5O6S/c1-14-13-34-11-10-29(14)20-12-19(24(8-9-24)36(32,33)21-15(2)28-35-16(21)3)26-22(27-20)17-4-6-18(7-5-17)25-23(30)31/h4-7,12,14,25H,8-11,13H2,1-3H3,(H,30,31)/t14-/m0/s1. The van der Waals surface area contributed by atoms with Gasteiger partial charge in [0, 0.05) is 23.9 Å². The monoisotopic (exact) mass is 513 g/mol. The lowest BCUT2D eigenvalue weighted by Crippen LogP contribution is -2.44. The van der Waals surface area contributed by atoms with Crippen molar-refractivity contribution in [2.24, 2.45) is 0 Å². The van der Waals surface area contributed by atoms with E-state index < -0.39 is 20.7 Å². The van der Waals surface area contributed by atoms with Gasteiger partial charge in [0.25, 0.3) is 0 Å². The third-order valence-corrected chi connectivity index (χ3v) is 9.46. The van der Waals surface area contributed by atoms with Crippen LogP contribution in [-0.4, -0.2) is 60.5 Å². The number of carbonyl (C=O) groups is 1. The number of hydrogen-bond donors (Lipinski definition) is 2. The average Bonchev–Trinajstić information content (AvgIpc) is 3.59. The number of anilines is 2. The molecule has 0 radical (unpaired) electrons. The number of aromatic nitrogens is 3. The quantitative estimate of drug-likeness (QED) is 0.501. The topological polar surface area (TPSA) is 148 Å². The first-order valence-corrected chi connectivity index (χ1v) is 13.1. The number of hydrogen-bond acceptors (Lipinski definition) is 9. The Bertz CT molecular complexity index is 1400. The lowest BCUT2D eigenvalue weighted by atomic mass is 10.1. The van der Waals surface area contributed by atoms with E-state index in [0.29, 0.717) is 66.9 Å². The van der Waals surface area contributed by atoms with Crippen molar-refractivity contribution >= 4 is 27.4 Å². The van der Waals surface area contributed by atoms with Gasteiger partial charge in [0.1, 0.15) is 15.5 Å². The zero-order valence-corrected chi connectivity index (χ0v) is 21.0. The zero-order valence-electron chi connectivity index (χ0n) is 20.2. The van der Waals surface area contributed by atoms with Gasteiger partial charge in [-0.15, -0.1) is 0 Å². The van der Waals surface area contributed by atoms with Crippen LogP contribution < -0.4 is 10.2 Å². The van der Waals surface area contributed by atoms with Crippen LogP contribution in [-0.2, 0) is 19.3 Å². The Kier molecular flexibility index (Phi) is 5.95. The van der Waals surface area contributed by atoms with Crippen molar-refractivity contribution in [3.05, 3.63) is 47.5 Å². The Labute approximate surface area is 208 Å². The van der Waals surface area contributed by atoms with Crippen LogP contribution in [0.1, 0.15) is 36.9 Å². The van der Waals surface area contributed by atoms with Crippen molar-refractivity contribution in [1.29, 1.82) is 0 Å². The minimum absolute atomic E-state index is 0.0471. The van der Waals surface area contributed by atoms with E-state index in [1.165, 1.54) is 0 Å². The van der Waals surface area contributed by atoms with Gasteiger partial charge in [-0.2, -0.15) is 0 Å². The molecule has 1 aliphatic heterocycles. The van der Waals surface area contributed by atoms with Crippen LogP contribution in [0.4, 0.5) is 16.3 Å². The number of nitrogens with zero attached hydrogens (tertiary/aromatic N) is 4. The van der Waals surface area contributed by atoms with Crippen molar-refractivity contribution in [2.45, 2.75) is 49.3 Å². The molecule has 36 heavy (non-hydrogen) atoms. The number of aryl methyl sites for hydroxylation is 2. The zero-order chi connectivity index (χ0) is 25.7. The molecule has 2 aromatic heterocycles. The number of ether oxygens (including phenoxy) is 1. The van der Waals surface area contributed by atoms with E-state index >= 15 is 0 Å². The maximum atomic E-state index is 13.9. The molecule has 3 aromatic rings. The molecule has 2 fully saturated rings.